The van der Waals surface area contributed by atoms with E-state index in [1.54, 1.807) is 0 Å². The van der Waals surface area contributed by atoms with Gasteiger partial charge in [-0.1, -0.05) is 19.2 Å². The van der Waals surface area contributed by atoms with E-state index in [-0.39, 0.29) is 18.9 Å². The Kier molecular flexibility index (Phi) is 4.09. The molecule has 0 fully saturated rings. The van der Waals surface area contributed by atoms with Crippen molar-refractivity contribution in [1.29, 1.82) is 0 Å². The van der Waals surface area contributed by atoms with Gasteiger partial charge in [0.2, 0.25) is 0 Å². The molecular formula is C8H12LiNSi. The number of pyridine rings is 1. The number of aromatic nitrogens is 1. The normalized spacial score (nSPS) is 10.5. The van der Waals surface area contributed by atoms with Crippen LogP contribution in [0.5, 0.6) is 0 Å². The standard InChI is InChI=1S/C8H12NSi.Li/c1-10(2,3)8-6-4-5-7-9-8;/h4-7H,1H2,2-3H3;/q-1;+1. The summed E-state index contributed by atoms with van der Waals surface area (Å²) in [6.07, 6.45) is 1.83. The Hall–Kier alpha value is -0.0357. The van der Waals surface area contributed by atoms with Crippen molar-refractivity contribution in [2.24, 2.45) is 0 Å². The van der Waals surface area contributed by atoms with Gasteiger partial charge in [-0.15, -0.1) is 0 Å². The van der Waals surface area contributed by atoms with Gasteiger partial charge in [0.15, 0.2) is 0 Å². The fourth-order valence-electron chi connectivity index (χ4n) is 0.763. The third kappa shape index (κ3) is 3.24. The van der Waals surface area contributed by atoms with Crippen molar-refractivity contribution < 1.29 is 18.9 Å². The maximum Gasteiger partial charge on any atom is 1.00 e. The summed E-state index contributed by atoms with van der Waals surface area (Å²) in [4.78, 5) is 4.25. The molecule has 0 unspecified atom stereocenters. The van der Waals surface area contributed by atoms with Gasteiger partial charge in [-0.3, -0.25) is 4.98 Å². The molecule has 11 heavy (non-hydrogen) atoms. The molecule has 1 aromatic rings. The predicted octanol–water partition coefficient (Wildman–Crippen LogP) is -1.63. The molecule has 0 aliphatic heterocycles. The minimum Gasteiger partial charge on any atom is -0.337 e. The monoisotopic (exact) mass is 157 g/mol. The topological polar surface area (TPSA) is 12.9 Å². The zero-order valence-electron chi connectivity index (χ0n) is 7.46. The first-order valence-electron chi connectivity index (χ1n) is 3.37. The second-order valence-corrected chi connectivity index (χ2v) is 7.38. The van der Waals surface area contributed by atoms with Crippen molar-refractivity contribution in [3.63, 3.8) is 0 Å². The number of hydrogen-bond acceptors (Lipinski definition) is 1. The molecule has 0 spiro atoms. The van der Waals surface area contributed by atoms with Gasteiger partial charge in [-0.25, -0.2) is 0 Å². The summed E-state index contributed by atoms with van der Waals surface area (Å²) >= 11 is 0. The quantitative estimate of drug-likeness (QED) is 0.352. The zero-order valence-corrected chi connectivity index (χ0v) is 8.46. The van der Waals surface area contributed by atoms with Crippen molar-refractivity contribution in [2.45, 2.75) is 13.1 Å². The van der Waals surface area contributed by atoms with Gasteiger partial charge in [0.25, 0.3) is 0 Å². The molecule has 54 valence electrons. The largest absolute Gasteiger partial charge is 1.00 e. The van der Waals surface area contributed by atoms with Crippen molar-refractivity contribution in [3.8, 4) is 0 Å². The molecule has 3 heteroatoms. The van der Waals surface area contributed by atoms with Crippen molar-refractivity contribution in [3.05, 3.63) is 30.9 Å². The summed E-state index contributed by atoms with van der Waals surface area (Å²) in [5, 5.41) is 1.18. The van der Waals surface area contributed by atoms with E-state index in [1.807, 2.05) is 18.3 Å². The van der Waals surface area contributed by atoms with Crippen molar-refractivity contribution >= 4 is 13.4 Å². The van der Waals surface area contributed by atoms with Crippen LogP contribution in [0.2, 0.25) is 13.1 Å². The fraction of sp³-hybridized carbons (Fsp3) is 0.250. The smallest absolute Gasteiger partial charge is 0.337 e. The van der Waals surface area contributed by atoms with E-state index in [1.165, 1.54) is 5.32 Å². The molecule has 0 aliphatic carbocycles. The summed E-state index contributed by atoms with van der Waals surface area (Å²) in [6, 6.07) is 6.01. The van der Waals surface area contributed by atoms with Crippen LogP contribution in [0.1, 0.15) is 0 Å². The van der Waals surface area contributed by atoms with Crippen LogP contribution in [0.25, 0.3) is 0 Å². The summed E-state index contributed by atoms with van der Waals surface area (Å²) in [5.41, 5.74) is 0. The number of hydrogen-bond donors (Lipinski definition) is 0. The first kappa shape index (κ1) is 11.0. The molecule has 1 heterocycles. The van der Waals surface area contributed by atoms with Crippen LogP contribution < -0.4 is 24.2 Å². The maximum absolute atomic E-state index is 4.25. The van der Waals surface area contributed by atoms with E-state index in [9.17, 15) is 0 Å². The van der Waals surface area contributed by atoms with Gasteiger partial charge >= 0.3 is 18.9 Å². The molecule has 1 nitrogen and oxygen atoms in total. The molecule has 0 amide bonds. The predicted molar refractivity (Wildman–Crippen MR) is 46.7 cm³/mol. The van der Waals surface area contributed by atoms with Gasteiger partial charge in [0, 0.05) is 6.20 Å². The summed E-state index contributed by atoms with van der Waals surface area (Å²) in [7, 11) is -1.39. The molecule has 1 aromatic heterocycles. The molecule has 0 aliphatic rings. The number of rotatable bonds is 1. The summed E-state index contributed by atoms with van der Waals surface area (Å²) in [5.74, 6) is 0. The van der Waals surface area contributed by atoms with Crippen LogP contribution in [0.4, 0.5) is 0 Å². The Labute approximate surface area is 81.4 Å². The van der Waals surface area contributed by atoms with E-state index in [0.29, 0.717) is 0 Å². The van der Waals surface area contributed by atoms with Crippen LogP contribution in [0.15, 0.2) is 24.4 Å². The van der Waals surface area contributed by atoms with Crippen molar-refractivity contribution in [1.82, 2.24) is 4.98 Å². The Bertz CT molecular complexity index is 205. The molecular weight excluding hydrogens is 145 g/mol. The molecule has 0 bridgehead atoms. The van der Waals surface area contributed by atoms with Gasteiger partial charge < -0.3 is 6.55 Å². The summed E-state index contributed by atoms with van der Waals surface area (Å²) < 4.78 is 0. The first-order chi connectivity index (χ1) is 4.61. The zero-order chi connectivity index (χ0) is 7.61. The van der Waals surface area contributed by atoms with Gasteiger partial charge in [-0.2, -0.15) is 0 Å². The van der Waals surface area contributed by atoms with E-state index in [2.05, 4.69) is 30.7 Å². The molecule has 0 atom stereocenters. The summed E-state index contributed by atoms with van der Waals surface area (Å²) in [6.45, 7) is 8.50. The van der Waals surface area contributed by atoms with E-state index >= 15 is 0 Å². The molecule has 0 aromatic carbocycles. The Morgan fingerprint density at radius 1 is 1.36 bits per heavy atom. The second-order valence-electron chi connectivity index (χ2n) is 3.10. The van der Waals surface area contributed by atoms with Crippen LogP contribution >= 0.6 is 0 Å². The van der Waals surface area contributed by atoms with E-state index < -0.39 is 8.07 Å². The Morgan fingerprint density at radius 2 is 2.00 bits per heavy atom. The first-order valence-corrected chi connectivity index (χ1v) is 6.58. The molecule has 0 radical (unpaired) electrons. The molecule has 0 N–H and O–H groups in total. The van der Waals surface area contributed by atoms with Crippen molar-refractivity contribution in [2.75, 3.05) is 0 Å². The third-order valence-corrected chi connectivity index (χ3v) is 3.04. The molecule has 1 rings (SSSR count). The average molecular weight is 157 g/mol. The van der Waals surface area contributed by atoms with E-state index in [4.69, 9.17) is 0 Å². The van der Waals surface area contributed by atoms with Gasteiger partial charge in [-0.05, 0) is 25.5 Å². The SMILES string of the molecule is [CH2-][Si](C)(C)c1ccccn1.[Li+]. The van der Waals surface area contributed by atoms with Crippen LogP contribution in [0.3, 0.4) is 0 Å². The van der Waals surface area contributed by atoms with Crippen LogP contribution in [-0.2, 0) is 0 Å². The fourth-order valence-corrected chi connectivity index (χ4v) is 1.73. The Balaban J connectivity index is 0.000001000. The molecule has 0 saturated heterocycles. The number of nitrogens with zero attached hydrogens (tertiary/aromatic N) is 1. The van der Waals surface area contributed by atoms with E-state index in [0.717, 1.165) is 0 Å². The second kappa shape index (κ2) is 4.11. The maximum atomic E-state index is 4.25. The van der Waals surface area contributed by atoms with Crippen LogP contribution in [-0.4, -0.2) is 13.1 Å². The van der Waals surface area contributed by atoms with Crippen LogP contribution in [0, 0.1) is 6.55 Å². The third-order valence-electron chi connectivity index (χ3n) is 1.36. The van der Waals surface area contributed by atoms with Gasteiger partial charge in [0.1, 0.15) is 0 Å². The average Bonchev–Trinajstić information content (AvgIpc) is 1.88. The molecule has 0 saturated carbocycles. The minimum absolute atomic E-state index is 0. The van der Waals surface area contributed by atoms with Gasteiger partial charge in [0.05, 0.1) is 0 Å². The minimum atomic E-state index is -1.39. The Morgan fingerprint density at radius 3 is 2.27 bits per heavy atom.